The molecule has 5 nitrogen and oxygen atoms in total. The lowest BCUT2D eigenvalue weighted by molar-refractivity contribution is 0.0940. The summed E-state index contributed by atoms with van der Waals surface area (Å²) in [5, 5.41) is 9.48. The Morgan fingerprint density at radius 3 is 2.78 bits per heavy atom. The molecule has 0 radical (unpaired) electrons. The maximum absolute atomic E-state index is 12.9. The van der Waals surface area contributed by atoms with E-state index in [9.17, 15) is 9.59 Å². The van der Waals surface area contributed by atoms with E-state index in [2.05, 4.69) is 5.32 Å². The second-order valence-corrected chi connectivity index (χ2v) is 7.56. The van der Waals surface area contributed by atoms with E-state index in [1.165, 1.54) is 13.2 Å². The Kier molecular flexibility index (Phi) is 4.79. The summed E-state index contributed by atoms with van der Waals surface area (Å²) >= 11 is 3.11. The predicted molar refractivity (Wildman–Crippen MR) is 107 cm³/mol. The first-order chi connectivity index (χ1) is 13.2. The normalized spacial score (nSPS) is 12.0. The molecule has 136 valence electrons. The van der Waals surface area contributed by atoms with Crippen LogP contribution in [0.25, 0.3) is 11.0 Å². The Balaban J connectivity index is 1.72. The number of para-hydroxylation sites is 1. The van der Waals surface area contributed by atoms with Crippen molar-refractivity contribution < 1.29 is 13.9 Å². The number of carbonyl (C=O) groups is 1. The van der Waals surface area contributed by atoms with E-state index in [0.29, 0.717) is 16.7 Å². The Bertz CT molecular complexity index is 1100. The molecule has 1 atom stereocenters. The maximum Gasteiger partial charge on any atom is 0.349 e. The van der Waals surface area contributed by atoms with Crippen molar-refractivity contribution in [3.8, 4) is 5.75 Å². The first kappa shape index (κ1) is 17.5. The van der Waals surface area contributed by atoms with Crippen LogP contribution in [-0.4, -0.2) is 13.0 Å². The van der Waals surface area contributed by atoms with Crippen molar-refractivity contribution in [1.29, 1.82) is 0 Å². The molecule has 0 aliphatic carbocycles. The number of hydrogen-bond acceptors (Lipinski definition) is 6. The van der Waals surface area contributed by atoms with Crippen LogP contribution in [-0.2, 0) is 0 Å². The van der Waals surface area contributed by atoms with E-state index in [-0.39, 0.29) is 11.6 Å². The highest BCUT2D eigenvalue weighted by molar-refractivity contribution is 7.10. The summed E-state index contributed by atoms with van der Waals surface area (Å²) in [5.41, 5.74) is 0.573. The average Bonchev–Trinajstić information content (AvgIpc) is 3.39. The molecule has 3 heterocycles. The summed E-state index contributed by atoms with van der Waals surface area (Å²) < 4.78 is 10.6. The van der Waals surface area contributed by atoms with Gasteiger partial charge in [0.15, 0.2) is 11.3 Å². The summed E-state index contributed by atoms with van der Waals surface area (Å²) in [4.78, 5) is 26.3. The van der Waals surface area contributed by atoms with E-state index in [1.54, 1.807) is 40.9 Å². The summed E-state index contributed by atoms with van der Waals surface area (Å²) in [6, 6.07) is 12.3. The number of thiophene rings is 2. The predicted octanol–water partition coefficient (Wildman–Crippen LogP) is 4.44. The van der Waals surface area contributed by atoms with Gasteiger partial charge in [0.25, 0.3) is 5.91 Å². The first-order valence-corrected chi connectivity index (χ1v) is 9.97. The van der Waals surface area contributed by atoms with E-state index >= 15 is 0 Å². The summed E-state index contributed by atoms with van der Waals surface area (Å²) in [6.45, 7) is 0. The fourth-order valence-electron chi connectivity index (χ4n) is 2.86. The topological polar surface area (TPSA) is 68.5 Å². The van der Waals surface area contributed by atoms with Crippen molar-refractivity contribution in [2.24, 2.45) is 0 Å². The van der Waals surface area contributed by atoms with Gasteiger partial charge in [-0.25, -0.2) is 4.79 Å². The van der Waals surface area contributed by atoms with Crippen LogP contribution in [0, 0.1) is 0 Å². The van der Waals surface area contributed by atoms with Gasteiger partial charge < -0.3 is 14.5 Å². The van der Waals surface area contributed by atoms with Crippen molar-refractivity contribution in [1.82, 2.24) is 5.32 Å². The zero-order valence-corrected chi connectivity index (χ0v) is 15.9. The molecular weight excluding hydrogens is 382 g/mol. The van der Waals surface area contributed by atoms with Crippen LogP contribution in [0.15, 0.2) is 67.8 Å². The summed E-state index contributed by atoms with van der Waals surface area (Å²) in [5.74, 6) is -0.0237. The van der Waals surface area contributed by atoms with Crippen molar-refractivity contribution >= 4 is 39.5 Å². The third-order valence-corrected chi connectivity index (χ3v) is 5.81. The first-order valence-electron chi connectivity index (χ1n) is 8.14. The Morgan fingerprint density at radius 2 is 2.07 bits per heavy atom. The number of benzene rings is 1. The van der Waals surface area contributed by atoms with Gasteiger partial charge in [0.2, 0.25) is 0 Å². The highest BCUT2D eigenvalue weighted by atomic mass is 32.1. The number of ether oxygens (including phenoxy) is 1. The van der Waals surface area contributed by atoms with Crippen LogP contribution in [0.1, 0.15) is 26.8 Å². The summed E-state index contributed by atoms with van der Waals surface area (Å²) in [7, 11) is 1.50. The average molecular weight is 397 g/mol. The van der Waals surface area contributed by atoms with Gasteiger partial charge in [-0.15, -0.1) is 11.3 Å². The van der Waals surface area contributed by atoms with E-state index in [0.717, 1.165) is 10.4 Å². The van der Waals surface area contributed by atoms with Crippen molar-refractivity contribution in [3.05, 3.63) is 85.0 Å². The Hall–Kier alpha value is -2.90. The van der Waals surface area contributed by atoms with Crippen molar-refractivity contribution in [3.63, 3.8) is 0 Å². The number of carbonyl (C=O) groups excluding carboxylic acids is 1. The molecule has 0 saturated carbocycles. The molecule has 27 heavy (non-hydrogen) atoms. The SMILES string of the molecule is COc1cccc2cc(C(=O)NC(c3ccsc3)c3cccs3)c(=O)oc12. The van der Waals surface area contributed by atoms with Gasteiger partial charge in [0.1, 0.15) is 5.56 Å². The monoisotopic (exact) mass is 397 g/mol. The zero-order valence-electron chi connectivity index (χ0n) is 14.3. The molecule has 0 aliphatic heterocycles. The van der Waals surface area contributed by atoms with E-state index in [4.69, 9.17) is 9.15 Å². The van der Waals surface area contributed by atoms with Crippen LogP contribution < -0.4 is 15.7 Å². The molecule has 0 fully saturated rings. The van der Waals surface area contributed by atoms with Crippen LogP contribution in [0.4, 0.5) is 0 Å². The molecule has 4 rings (SSSR count). The molecule has 0 saturated heterocycles. The third kappa shape index (κ3) is 3.39. The van der Waals surface area contributed by atoms with Gasteiger partial charge in [0, 0.05) is 10.3 Å². The van der Waals surface area contributed by atoms with E-state index in [1.807, 2.05) is 34.3 Å². The molecule has 0 spiro atoms. The highest BCUT2D eigenvalue weighted by Crippen LogP contribution is 2.28. The molecule has 3 aromatic heterocycles. The smallest absolute Gasteiger partial charge is 0.349 e. The lowest BCUT2D eigenvalue weighted by atomic mass is 10.1. The van der Waals surface area contributed by atoms with Crippen LogP contribution in [0.3, 0.4) is 0 Å². The van der Waals surface area contributed by atoms with Gasteiger partial charge in [0.05, 0.1) is 13.2 Å². The van der Waals surface area contributed by atoms with E-state index < -0.39 is 11.5 Å². The van der Waals surface area contributed by atoms with Gasteiger partial charge >= 0.3 is 5.63 Å². The van der Waals surface area contributed by atoms with Gasteiger partial charge in [-0.2, -0.15) is 11.3 Å². The van der Waals surface area contributed by atoms with Crippen molar-refractivity contribution in [2.75, 3.05) is 7.11 Å². The molecular formula is C20H15NO4S2. The van der Waals surface area contributed by atoms with Crippen molar-refractivity contribution in [2.45, 2.75) is 6.04 Å². The lowest BCUT2D eigenvalue weighted by Crippen LogP contribution is -2.32. The summed E-state index contributed by atoms with van der Waals surface area (Å²) in [6.07, 6.45) is 0. The third-order valence-electron chi connectivity index (χ3n) is 4.17. The molecule has 0 bridgehead atoms. The van der Waals surface area contributed by atoms with Crippen LogP contribution in [0.2, 0.25) is 0 Å². The molecule has 1 unspecified atom stereocenters. The largest absolute Gasteiger partial charge is 0.493 e. The molecule has 1 aromatic carbocycles. The number of rotatable bonds is 5. The van der Waals surface area contributed by atoms with Gasteiger partial charge in [-0.3, -0.25) is 4.79 Å². The fourth-order valence-corrected chi connectivity index (χ4v) is 4.35. The minimum Gasteiger partial charge on any atom is -0.493 e. The van der Waals surface area contributed by atoms with Gasteiger partial charge in [-0.05, 0) is 46.0 Å². The molecule has 1 N–H and O–H groups in total. The number of amides is 1. The maximum atomic E-state index is 12.9. The minimum atomic E-state index is -0.695. The molecule has 0 aliphatic rings. The zero-order chi connectivity index (χ0) is 18.8. The Morgan fingerprint density at radius 1 is 1.19 bits per heavy atom. The number of methoxy groups -OCH3 is 1. The standard InChI is InChI=1S/C20H15NO4S2/c1-24-15-5-2-4-12-10-14(20(23)25-18(12)15)19(22)21-17(13-7-9-26-11-13)16-6-3-8-27-16/h2-11,17H,1H3,(H,21,22). The number of fused-ring (bicyclic) bond motifs is 1. The quantitative estimate of drug-likeness (QED) is 0.506. The number of hydrogen-bond donors (Lipinski definition) is 1. The molecule has 4 aromatic rings. The Labute approximate surface area is 162 Å². The fraction of sp³-hybridized carbons (Fsp3) is 0.100. The minimum absolute atomic E-state index is 0.0347. The number of nitrogens with one attached hydrogen (secondary N) is 1. The van der Waals surface area contributed by atoms with Gasteiger partial charge in [-0.1, -0.05) is 18.2 Å². The lowest BCUT2D eigenvalue weighted by Gasteiger charge is -2.16. The molecule has 1 amide bonds. The van der Waals surface area contributed by atoms with Crippen LogP contribution >= 0.6 is 22.7 Å². The second-order valence-electron chi connectivity index (χ2n) is 5.80. The van der Waals surface area contributed by atoms with Crippen LogP contribution in [0.5, 0.6) is 5.75 Å². The molecule has 7 heteroatoms. The highest BCUT2D eigenvalue weighted by Gasteiger charge is 2.22. The second kappa shape index (κ2) is 7.38.